The van der Waals surface area contributed by atoms with Gasteiger partial charge in [-0.15, -0.1) is 0 Å². The lowest BCUT2D eigenvalue weighted by Crippen LogP contribution is -2.50. The van der Waals surface area contributed by atoms with E-state index in [1.165, 1.54) is 0 Å². The highest BCUT2D eigenvalue weighted by Crippen LogP contribution is 2.24. The minimum Gasteiger partial charge on any atom is -0.361 e. The molecule has 2 N–H and O–H groups in total. The van der Waals surface area contributed by atoms with Gasteiger partial charge in [0.2, 0.25) is 0 Å². The van der Waals surface area contributed by atoms with Crippen molar-refractivity contribution >= 4 is 6.03 Å². The van der Waals surface area contributed by atoms with E-state index in [0.717, 1.165) is 0 Å². The first-order valence-corrected chi connectivity index (χ1v) is 7.79. The summed E-state index contributed by atoms with van der Waals surface area (Å²) >= 11 is 0. The summed E-state index contributed by atoms with van der Waals surface area (Å²) in [6, 6.07) is 4.80. The largest absolute Gasteiger partial charge is 0.408 e. The first kappa shape index (κ1) is 18.8. The van der Waals surface area contributed by atoms with E-state index >= 15 is 0 Å². The molecular weight excluding hydrogens is 335 g/mol. The minimum atomic E-state index is -4.56. The summed E-state index contributed by atoms with van der Waals surface area (Å²) in [5.41, 5.74) is 1.73. The average Bonchev–Trinajstić information content (AvgIpc) is 2.85. The lowest BCUT2D eigenvalue weighted by Gasteiger charge is -2.23. The Labute approximate surface area is 143 Å². The Morgan fingerprint density at radius 3 is 2.36 bits per heavy atom. The second-order valence-corrected chi connectivity index (χ2v) is 5.86. The molecule has 1 aromatic carbocycles. The second-order valence-electron chi connectivity index (χ2n) is 5.86. The van der Waals surface area contributed by atoms with E-state index in [1.54, 1.807) is 51.1 Å². The van der Waals surface area contributed by atoms with Crippen LogP contribution >= 0.6 is 0 Å². The van der Waals surface area contributed by atoms with Gasteiger partial charge in [-0.3, -0.25) is 0 Å². The minimum absolute atomic E-state index is 0.336. The van der Waals surface area contributed by atoms with Crippen LogP contribution in [0.3, 0.4) is 0 Å². The molecular formula is C17H20F3N3O2. The van der Waals surface area contributed by atoms with Crippen molar-refractivity contribution in [2.24, 2.45) is 0 Å². The van der Waals surface area contributed by atoms with Gasteiger partial charge in [-0.25, -0.2) is 4.79 Å². The predicted molar refractivity (Wildman–Crippen MR) is 86.0 cm³/mol. The number of hydrogen-bond acceptors (Lipinski definition) is 3. The van der Waals surface area contributed by atoms with Gasteiger partial charge in [-0.2, -0.15) is 13.2 Å². The number of benzene rings is 1. The van der Waals surface area contributed by atoms with E-state index in [1.807, 2.05) is 5.32 Å². The topological polar surface area (TPSA) is 67.2 Å². The molecule has 2 amide bonds. The number of aryl methyl sites for hydroxylation is 2. The summed E-state index contributed by atoms with van der Waals surface area (Å²) in [4.78, 5) is 12.0. The van der Waals surface area contributed by atoms with Crippen molar-refractivity contribution in [3.05, 3.63) is 52.9 Å². The molecule has 2 atom stereocenters. The molecule has 0 radical (unpaired) electrons. The van der Waals surface area contributed by atoms with Crippen LogP contribution in [-0.4, -0.2) is 23.4 Å². The quantitative estimate of drug-likeness (QED) is 0.857. The van der Waals surface area contributed by atoms with Gasteiger partial charge in [-0.05, 0) is 26.3 Å². The van der Waals surface area contributed by atoms with Crippen LogP contribution in [0.15, 0.2) is 34.9 Å². The zero-order valence-electron chi connectivity index (χ0n) is 14.1. The van der Waals surface area contributed by atoms with E-state index in [4.69, 9.17) is 4.52 Å². The molecule has 0 bridgehead atoms. The van der Waals surface area contributed by atoms with Crippen LogP contribution in [-0.2, 0) is 6.42 Å². The summed E-state index contributed by atoms with van der Waals surface area (Å²) in [5.74, 6) is 0.516. The molecule has 0 fully saturated rings. The zero-order valence-corrected chi connectivity index (χ0v) is 14.1. The van der Waals surface area contributed by atoms with Crippen molar-refractivity contribution < 1.29 is 22.5 Å². The monoisotopic (exact) mass is 355 g/mol. The molecule has 0 saturated carbocycles. The fourth-order valence-corrected chi connectivity index (χ4v) is 2.68. The number of urea groups is 1. The normalized spacial score (nSPS) is 14.0. The highest BCUT2D eigenvalue weighted by Gasteiger charge is 2.40. The van der Waals surface area contributed by atoms with Crippen molar-refractivity contribution in [3.8, 4) is 0 Å². The van der Waals surface area contributed by atoms with Gasteiger partial charge in [0.1, 0.15) is 11.8 Å². The van der Waals surface area contributed by atoms with Crippen LogP contribution < -0.4 is 10.6 Å². The zero-order chi connectivity index (χ0) is 18.6. The summed E-state index contributed by atoms with van der Waals surface area (Å²) in [7, 11) is 0. The van der Waals surface area contributed by atoms with Crippen LogP contribution in [0, 0.1) is 13.8 Å². The summed E-state index contributed by atoms with van der Waals surface area (Å²) < 4.78 is 44.7. The Morgan fingerprint density at radius 2 is 1.84 bits per heavy atom. The Hall–Kier alpha value is -2.51. The van der Waals surface area contributed by atoms with E-state index in [2.05, 4.69) is 10.5 Å². The third-order valence-corrected chi connectivity index (χ3v) is 3.85. The Kier molecular flexibility index (Phi) is 5.71. The molecule has 2 rings (SSSR count). The van der Waals surface area contributed by atoms with E-state index < -0.39 is 24.3 Å². The standard InChI is InChI=1S/C17H20F3N3O2/c1-10(15-11(2)23-25-12(15)3)21-16(24)22-14(17(18,19)20)9-13-7-5-4-6-8-13/h4-8,10,14H,9H2,1-3H3,(H2,21,22,24)/t10-,14+/m0/s1. The molecule has 0 saturated heterocycles. The maximum Gasteiger partial charge on any atom is 0.408 e. The van der Waals surface area contributed by atoms with Crippen LogP contribution in [0.4, 0.5) is 18.0 Å². The number of rotatable bonds is 5. The van der Waals surface area contributed by atoms with E-state index in [-0.39, 0.29) is 6.42 Å². The number of hydrogen-bond donors (Lipinski definition) is 2. The molecule has 1 aromatic heterocycles. The lowest BCUT2D eigenvalue weighted by atomic mass is 10.1. The number of halogens is 3. The van der Waals surface area contributed by atoms with Gasteiger partial charge in [0.15, 0.2) is 0 Å². The van der Waals surface area contributed by atoms with Gasteiger partial charge < -0.3 is 15.2 Å². The van der Waals surface area contributed by atoms with Crippen molar-refractivity contribution in [1.82, 2.24) is 15.8 Å². The molecule has 25 heavy (non-hydrogen) atoms. The lowest BCUT2D eigenvalue weighted by molar-refractivity contribution is -0.152. The number of nitrogens with zero attached hydrogens (tertiary/aromatic N) is 1. The molecule has 0 aliphatic heterocycles. The van der Waals surface area contributed by atoms with Crippen molar-refractivity contribution in [2.45, 2.75) is 45.5 Å². The van der Waals surface area contributed by atoms with Crippen molar-refractivity contribution in [2.75, 3.05) is 0 Å². The highest BCUT2D eigenvalue weighted by molar-refractivity contribution is 5.75. The fourth-order valence-electron chi connectivity index (χ4n) is 2.68. The molecule has 5 nitrogen and oxygen atoms in total. The van der Waals surface area contributed by atoms with Gasteiger partial charge in [0.25, 0.3) is 0 Å². The molecule has 0 aliphatic rings. The predicted octanol–water partition coefficient (Wildman–Crippen LogP) is 3.83. The van der Waals surface area contributed by atoms with Crippen LogP contribution in [0.5, 0.6) is 0 Å². The molecule has 136 valence electrons. The smallest absolute Gasteiger partial charge is 0.361 e. The average molecular weight is 355 g/mol. The summed E-state index contributed by atoms with van der Waals surface area (Å²) in [6.45, 7) is 5.04. The van der Waals surface area contributed by atoms with Gasteiger partial charge >= 0.3 is 12.2 Å². The molecule has 8 heteroatoms. The molecule has 0 aliphatic carbocycles. The number of aromatic nitrogens is 1. The summed E-state index contributed by atoms with van der Waals surface area (Å²) in [6.07, 6.45) is -4.89. The van der Waals surface area contributed by atoms with Gasteiger partial charge in [-0.1, -0.05) is 35.5 Å². The van der Waals surface area contributed by atoms with Crippen LogP contribution in [0.2, 0.25) is 0 Å². The van der Waals surface area contributed by atoms with Gasteiger partial charge in [0, 0.05) is 12.0 Å². The van der Waals surface area contributed by atoms with Crippen molar-refractivity contribution in [3.63, 3.8) is 0 Å². The van der Waals surface area contributed by atoms with Crippen molar-refractivity contribution in [1.29, 1.82) is 0 Å². The molecule has 1 heterocycles. The highest BCUT2D eigenvalue weighted by atomic mass is 19.4. The second kappa shape index (κ2) is 7.58. The number of carbonyl (C=O) groups excluding carboxylic acids is 1. The number of alkyl halides is 3. The Bertz CT molecular complexity index is 694. The Morgan fingerprint density at radius 1 is 1.20 bits per heavy atom. The number of nitrogens with one attached hydrogen (secondary N) is 2. The SMILES string of the molecule is Cc1noc(C)c1[C@H](C)NC(=O)N[C@H](Cc1ccccc1)C(F)(F)F. The number of carbonyl (C=O) groups is 1. The van der Waals surface area contributed by atoms with Gasteiger partial charge in [0.05, 0.1) is 11.7 Å². The molecule has 2 aromatic rings. The molecule has 0 spiro atoms. The number of amides is 2. The van der Waals surface area contributed by atoms with E-state index in [9.17, 15) is 18.0 Å². The fraction of sp³-hybridized carbons (Fsp3) is 0.412. The molecule has 0 unspecified atom stereocenters. The van der Waals surface area contributed by atoms with Crippen LogP contribution in [0.1, 0.15) is 35.5 Å². The first-order chi connectivity index (χ1) is 11.7. The van der Waals surface area contributed by atoms with Crippen LogP contribution in [0.25, 0.3) is 0 Å². The third kappa shape index (κ3) is 4.98. The maximum atomic E-state index is 13.2. The summed E-state index contributed by atoms with van der Waals surface area (Å²) in [5, 5.41) is 8.29. The first-order valence-electron chi connectivity index (χ1n) is 7.79. The Balaban J connectivity index is 2.04. The third-order valence-electron chi connectivity index (χ3n) is 3.85. The van der Waals surface area contributed by atoms with E-state index in [0.29, 0.717) is 22.6 Å². The maximum absolute atomic E-state index is 13.2.